The second kappa shape index (κ2) is 11.9. The van der Waals surface area contributed by atoms with Crippen LogP contribution in [0.2, 0.25) is 0 Å². The summed E-state index contributed by atoms with van der Waals surface area (Å²) in [7, 11) is 2.71. The van der Waals surface area contributed by atoms with Crippen LogP contribution in [0.15, 0.2) is 54.7 Å². The molecule has 1 aliphatic heterocycles. The van der Waals surface area contributed by atoms with Crippen LogP contribution in [0.5, 0.6) is 0 Å². The van der Waals surface area contributed by atoms with Gasteiger partial charge >= 0.3 is 11.9 Å². The minimum absolute atomic E-state index is 0.0893. The predicted octanol–water partition coefficient (Wildman–Crippen LogP) is 3.86. The number of hydrogen-bond donors (Lipinski definition) is 2. The maximum Gasteiger partial charge on any atom is 0.337 e. The Morgan fingerprint density at radius 2 is 1.91 bits per heavy atom. The summed E-state index contributed by atoms with van der Waals surface area (Å²) in [4.78, 5) is 29.9. The summed E-state index contributed by atoms with van der Waals surface area (Å²) in [6, 6.07) is 14.8. The van der Waals surface area contributed by atoms with E-state index in [9.17, 15) is 20.0 Å². The van der Waals surface area contributed by atoms with Crippen LogP contribution < -0.4 is 0 Å². The number of carbonyl (C=O) groups is 2. The van der Waals surface area contributed by atoms with Crippen molar-refractivity contribution in [3.05, 3.63) is 71.5 Å². The van der Waals surface area contributed by atoms with Crippen LogP contribution in [0.4, 0.5) is 0 Å². The number of ether oxygens (including phenoxy) is 2. The first-order chi connectivity index (χ1) is 20.9. The standard InChI is InChI=1S/C32H34N6O5/c1-42-31(40)20-9-7-19(8-10-20)26-17-38(36-35-26)14-13-23-22-5-3-4-6-25(22)34-30(23)27-15-24-21(16-37(27)18-33)11-12-28(39)29(24)32(41)43-2/h3-10,17,21,24,27-29,34,39H,11-16H2,1-2H3/t21-,24?,27-,28-,29+/m0/s1. The van der Waals surface area contributed by atoms with Gasteiger partial charge in [0.25, 0.3) is 0 Å². The third-order valence-electron chi connectivity index (χ3n) is 9.13. The molecule has 43 heavy (non-hydrogen) atoms. The molecule has 2 aliphatic rings. The van der Waals surface area contributed by atoms with Crippen LogP contribution >= 0.6 is 0 Å². The number of benzene rings is 2. The third kappa shape index (κ3) is 5.34. The first kappa shape index (κ1) is 28.4. The van der Waals surface area contributed by atoms with Crippen molar-refractivity contribution in [1.29, 1.82) is 5.26 Å². The van der Waals surface area contributed by atoms with Gasteiger partial charge in [0.05, 0.1) is 44.0 Å². The molecule has 4 aromatic rings. The van der Waals surface area contributed by atoms with E-state index in [1.807, 2.05) is 41.4 Å². The minimum Gasteiger partial charge on any atom is -0.469 e. The van der Waals surface area contributed by atoms with E-state index in [0.717, 1.165) is 34.1 Å². The number of nitrogens with one attached hydrogen (secondary N) is 1. The molecule has 1 saturated heterocycles. The number of rotatable bonds is 7. The van der Waals surface area contributed by atoms with E-state index in [1.54, 1.807) is 16.8 Å². The number of hydrogen-bond acceptors (Lipinski definition) is 9. The van der Waals surface area contributed by atoms with E-state index < -0.39 is 18.0 Å². The Bertz CT molecular complexity index is 1670. The van der Waals surface area contributed by atoms with Crippen LogP contribution in [0.25, 0.3) is 22.2 Å². The Hall–Kier alpha value is -4.69. The number of nitrogens with zero attached hydrogens (tertiary/aromatic N) is 5. The highest BCUT2D eigenvalue weighted by atomic mass is 16.5. The van der Waals surface area contributed by atoms with Crippen molar-refractivity contribution < 1.29 is 24.2 Å². The highest BCUT2D eigenvalue weighted by molar-refractivity contribution is 5.89. The van der Waals surface area contributed by atoms with Crippen LogP contribution in [0.3, 0.4) is 0 Å². The van der Waals surface area contributed by atoms with Gasteiger partial charge in [-0.05, 0) is 61.3 Å². The molecular formula is C32H34N6O5. The molecule has 2 N–H and O–H groups in total. The van der Waals surface area contributed by atoms with Gasteiger partial charge in [0.15, 0.2) is 6.19 Å². The van der Waals surface area contributed by atoms with Crippen LogP contribution in [0, 0.1) is 29.2 Å². The normalized spacial score (nSPS) is 23.4. The Morgan fingerprint density at radius 1 is 1.12 bits per heavy atom. The lowest BCUT2D eigenvalue weighted by molar-refractivity contribution is -0.159. The molecule has 1 aliphatic carbocycles. The second-order valence-corrected chi connectivity index (χ2v) is 11.4. The summed E-state index contributed by atoms with van der Waals surface area (Å²) >= 11 is 0. The van der Waals surface area contributed by atoms with Crippen molar-refractivity contribution in [2.75, 3.05) is 20.8 Å². The molecule has 0 amide bonds. The number of carbonyl (C=O) groups excluding carboxylic acids is 2. The van der Waals surface area contributed by atoms with Crippen LogP contribution in [-0.4, -0.2) is 68.8 Å². The van der Waals surface area contributed by atoms with Crippen molar-refractivity contribution in [1.82, 2.24) is 24.9 Å². The van der Waals surface area contributed by atoms with Gasteiger partial charge in [-0.3, -0.25) is 9.48 Å². The van der Waals surface area contributed by atoms with E-state index in [0.29, 0.717) is 43.6 Å². The number of methoxy groups -OCH3 is 2. The summed E-state index contributed by atoms with van der Waals surface area (Å²) < 4.78 is 11.7. The average Bonchev–Trinajstić information content (AvgIpc) is 3.67. The van der Waals surface area contributed by atoms with Crippen LogP contribution in [-0.2, 0) is 27.2 Å². The SMILES string of the molecule is COC(=O)c1ccc(-c2cn(CCc3c([C@@H]4CC5[C@@H](CC[C@H](O)[C@@H]5C(=O)OC)CN4C#N)[nH]c4ccccc34)nn2)cc1. The third-order valence-corrected chi connectivity index (χ3v) is 9.13. The minimum atomic E-state index is -0.747. The topological polar surface area (TPSA) is 146 Å². The van der Waals surface area contributed by atoms with Gasteiger partial charge in [-0.2, -0.15) is 5.26 Å². The Balaban J connectivity index is 1.28. The first-order valence-electron chi connectivity index (χ1n) is 14.5. The zero-order valence-corrected chi connectivity index (χ0v) is 24.1. The fourth-order valence-electron chi connectivity index (χ4n) is 6.98. The van der Waals surface area contributed by atoms with Gasteiger partial charge in [0.2, 0.25) is 0 Å². The largest absolute Gasteiger partial charge is 0.469 e. The molecule has 2 aromatic heterocycles. The van der Waals surface area contributed by atoms with Crippen LogP contribution in [0.1, 0.15) is 46.9 Å². The van der Waals surface area contributed by atoms with E-state index >= 15 is 0 Å². The van der Waals surface area contributed by atoms with Gasteiger partial charge in [0.1, 0.15) is 5.69 Å². The lowest BCUT2D eigenvalue weighted by atomic mass is 9.65. The molecule has 1 unspecified atom stereocenters. The molecule has 2 fully saturated rings. The van der Waals surface area contributed by atoms with Gasteiger partial charge in [-0.15, -0.1) is 5.10 Å². The number of aliphatic hydroxyl groups is 1. The van der Waals surface area contributed by atoms with Gasteiger partial charge in [-0.1, -0.05) is 35.5 Å². The highest BCUT2D eigenvalue weighted by Crippen LogP contribution is 2.47. The summed E-state index contributed by atoms with van der Waals surface area (Å²) in [5, 5.41) is 30.7. The molecule has 6 rings (SSSR count). The van der Waals surface area contributed by atoms with E-state index in [-0.39, 0.29) is 23.8 Å². The van der Waals surface area contributed by atoms with Crippen molar-refractivity contribution in [2.45, 2.75) is 44.4 Å². The Kier molecular flexibility index (Phi) is 7.86. The predicted molar refractivity (Wildman–Crippen MR) is 156 cm³/mol. The molecule has 2 aromatic carbocycles. The molecule has 11 heteroatoms. The summed E-state index contributed by atoms with van der Waals surface area (Å²) in [5.74, 6) is -1.34. The number of H-pyrrole nitrogens is 1. The van der Waals surface area contributed by atoms with E-state index in [4.69, 9.17) is 9.47 Å². The molecule has 3 heterocycles. The maximum absolute atomic E-state index is 12.8. The number of likely N-dealkylation sites (tertiary alicyclic amines) is 1. The van der Waals surface area contributed by atoms with Crippen molar-refractivity contribution in [3.63, 3.8) is 0 Å². The molecular weight excluding hydrogens is 548 g/mol. The molecule has 0 radical (unpaired) electrons. The van der Waals surface area contributed by atoms with Gasteiger partial charge in [0, 0.05) is 35.2 Å². The number of esters is 2. The summed E-state index contributed by atoms with van der Waals surface area (Å²) in [6.45, 7) is 1.08. The number of aromatic nitrogens is 4. The molecule has 5 atom stereocenters. The average molecular weight is 583 g/mol. The fourth-order valence-corrected chi connectivity index (χ4v) is 6.98. The monoisotopic (exact) mass is 582 g/mol. The number of nitriles is 1. The first-order valence-corrected chi connectivity index (χ1v) is 14.5. The van der Waals surface area contributed by atoms with Crippen molar-refractivity contribution >= 4 is 22.8 Å². The molecule has 222 valence electrons. The lowest BCUT2D eigenvalue weighted by Crippen LogP contribution is -2.51. The molecule has 0 bridgehead atoms. The number of para-hydroxylation sites is 1. The maximum atomic E-state index is 12.8. The lowest BCUT2D eigenvalue weighted by Gasteiger charge is -2.47. The zero-order valence-electron chi connectivity index (χ0n) is 24.1. The van der Waals surface area contributed by atoms with Crippen molar-refractivity contribution in [3.8, 4) is 17.5 Å². The second-order valence-electron chi connectivity index (χ2n) is 11.4. The molecule has 1 saturated carbocycles. The number of fused-ring (bicyclic) bond motifs is 2. The Labute approximate surface area is 249 Å². The Morgan fingerprint density at radius 3 is 2.65 bits per heavy atom. The summed E-state index contributed by atoms with van der Waals surface area (Å²) in [6.07, 6.45) is 6.03. The summed E-state index contributed by atoms with van der Waals surface area (Å²) in [5.41, 5.74) is 5.00. The fraction of sp³-hybridized carbons (Fsp3) is 0.406. The van der Waals surface area contributed by atoms with Gasteiger partial charge < -0.3 is 24.5 Å². The van der Waals surface area contributed by atoms with Gasteiger partial charge in [-0.25, -0.2) is 4.79 Å². The smallest absolute Gasteiger partial charge is 0.337 e. The number of aromatic amines is 1. The number of aryl methyl sites for hydroxylation is 2. The molecule has 11 nitrogen and oxygen atoms in total. The quantitative estimate of drug-likeness (QED) is 0.245. The van der Waals surface area contributed by atoms with E-state index in [1.165, 1.54) is 14.2 Å². The zero-order chi connectivity index (χ0) is 30.1. The number of piperidine rings is 1. The van der Waals surface area contributed by atoms with Crippen molar-refractivity contribution in [2.24, 2.45) is 17.8 Å². The molecule has 0 spiro atoms. The number of aliphatic hydroxyl groups excluding tert-OH is 1. The highest BCUT2D eigenvalue weighted by Gasteiger charge is 2.49. The van der Waals surface area contributed by atoms with E-state index in [2.05, 4.69) is 27.6 Å².